The second-order valence-electron chi connectivity index (χ2n) is 14.7. The van der Waals surface area contributed by atoms with Gasteiger partial charge in [-0.15, -0.1) is 0 Å². The summed E-state index contributed by atoms with van der Waals surface area (Å²) in [6.45, 7) is 26.5. The molecule has 0 saturated heterocycles. The fraction of sp³-hybridized carbons (Fsp3) is 0.444. The van der Waals surface area contributed by atoms with Gasteiger partial charge in [-0.05, 0) is 55.0 Å². The van der Waals surface area contributed by atoms with Crippen LogP contribution in [0.25, 0.3) is 22.3 Å². The average molecular weight is 505 g/mol. The molecule has 0 saturated carbocycles. The van der Waals surface area contributed by atoms with Crippen molar-refractivity contribution in [2.24, 2.45) is 0 Å². The third-order valence-electron chi connectivity index (χ3n) is 7.38. The summed E-state index contributed by atoms with van der Waals surface area (Å²) in [7, 11) is 0. The Morgan fingerprint density at radius 2 is 0.658 bits per heavy atom. The van der Waals surface area contributed by atoms with Gasteiger partial charge in [-0.3, -0.25) is 0 Å². The Balaban J connectivity index is 2.37. The number of hydrogen-bond donors (Lipinski definition) is 0. The predicted molar refractivity (Wildman–Crippen MR) is 162 cm³/mol. The normalized spacial score (nSPS) is 12.7. The molecule has 2 heteroatoms. The Labute approximate surface area is 231 Å². The van der Waals surface area contributed by atoms with E-state index in [0.717, 1.165) is 22.3 Å². The van der Waals surface area contributed by atoms with Crippen molar-refractivity contribution >= 4 is 0 Å². The van der Waals surface area contributed by atoms with E-state index in [4.69, 9.17) is 0 Å². The molecule has 0 amide bonds. The van der Waals surface area contributed by atoms with Crippen LogP contribution in [0.4, 0.5) is 0 Å². The predicted octanol–water partition coefficient (Wildman–Crippen LogP) is 9.95. The maximum absolute atomic E-state index is 10.4. The second-order valence-corrected chi connectivity index (χ2v) is 14.7. The summed E-state index contributed by atoms with van der Waals surface area (Å²) in [5.74, 6) is 0. The van der Waals surface area contributed by atoms with E-state index in [0.29, 0.717) is 11.1 Å². The van der Waals surface area contributed by atoms with Crippen LogP contribution in [0.3, 0.4) is 0 Å². The summed E-state index contributed by atoms with van der Waals surface area (Å²) >= 11 is 0. The highest BCUT2D eigenvalue weighted by Gasteiger charge is 2.25. The summed E-state index contributed by atoms with van der Waals surface area (Å²) in [5.41, 5.74) is 9.19. The maximum atomic E-state index is 10.4. The monoisotopic (exact) mass is 504 g/mol. The van der Waals surface area contributed by atoms with Crippen LogP contribution in [-0.4, -0.2) is 0 Å². The minimum Gasteiger partial charge on any atom is -0.192 e. The third-order valence-corrected chi connectivity index (χ3v) is 7.38. The maximum Gasteiger partial charge on any atom is 0.101 e. The molecule has 0 N–H and O–H groups in total. The number of rotatable bonds is 2. The molecule has 0 aliphatic carbocycles. The van der Waals surface area contributed by atoms with E-state index in [1.807, 2.05) is 12.1 Å². The van der Waals surface area contributed by atoms with E-state index in [2.05, 4.69) is 132 Å². The van der Waals surface area contributed by atoms with Crippen LogP contribution in [-0.2, 0) is 21.7 Å². The molecule has 0 aromatic heterocycles. The highest BCUT2D eigenvalue weighted by molar-refractivity contribution is 5.83. The zero-order valence-electron chi connectivity index (χ0n) is 25.5. The Morgan fingerprint density at radius 3 is 0.842 bits per heavy atom. The fourth-order valence-electron chi connectivity index (χ4n) is 4.61. The second kappa shape index (κ2) is 9.75. The summed E-state index contributed by atoms with van der Waals surface area (Å²) < 4.78 is 0. The summed E-state index contributed by atoms with van der Waals surface area (Å²) in [4.78, 5) is 0. The first-order chi connectivity index (χ1) is 17.3. The van der Waals surface area contributed by atoms with Gasteiger partial charge in [-0.1, -0.05) is 132 Å². The van der Waals surface area contributed by atoms with Gasteiger partial charge in [-0.2, -0.15) is 10.5 Å². The minimum atomic E-state index is -0.0441. The van der Waals surface area contributed by atoms with E-state index in [1.165, 1.54) is 22.3 Å². The van der Waals surface area contributed by atoms with E-state index in [-0.39, 0.29) is 21.7 Å². The summed E-state index contributed by atoms with van der Waals surface area (Å²) in [6, 6.07) is 22.2. The van der Waals surface area contributed by atoms with Gasteiger partial charge in [0.15, 0.2) is 0 Å². The molecule has 0 fully saturated rings. The SMILES string of the molecule is CC(C)(C)c1cc(-c2ccc(-c3cc(C(C)(C)C)cc(C(C)(C)C)c3)c(C#N)c2C#N)cc(C(C)(C)C)c1. The first-order valence-corrected chi connectivity index (χ1v) is 13.6. The Bertz CT molecular complexity index is 1270. The van der Waals surface area contributed by atoms with Gasteiger partial charge in [-0.25, -0.2) is 0 Å². The summed E-state index contributed by atoms with van der Waals surface area (Å²) in [5, 5.41) is 20.8. The molecule has 0 aliphatic rings. The molecule has 0 atom stereocenters. The lowest BCUT2D eigenvalue weighted by atomic mass is 9.77. The van der Waals surface area contributed by atoms with Crippen molar-refractivity contribution in [3.63, 3.8) is 0 Å². The number of benzene rings is 3. The molecular weight excluding hydrogens is 460 g/mol. The molecule has 38 heavy (non-hydrogen) atoms. The van der Waals surface area contributed by atoms with Crippen LogP contribution in [0.5, 0.6) is 0 Å². The van der Waals surface area contributed by atoms with Crippen LogP contribution < -0.4 is 0 Å². The number of hydrogen-bond acceptors (Lipinski definition) is 2. The Kier molecular flexibility index (Phi) is 7.49. The zero-order valence-corrected chi connectivity index (χ0v) is 25.5. The molecule has 0 aliphatic heterocycles. The average Bonchev–Trinajstić information content (AvgIpc) is 2.80. The molecular formula is C36H44N2. The molecule has 0 radical (unpaired) electrons. The van der Waals surface area contributed by atoms with Crippen molar-refractivity contribution in [1.82, 2.24) is 0 Å². The number of nitriles is 2. The number of nitrogens with zero attached hydrogens (tertiary/aromatic N) is 2. The van der Waals surface area contributed by atoms with Gasteiger partial charge in [0.1, 0.15) is 12.1 Å². The van der Waals surface area contributed by atoms with Gasteiger partial charge in [0.25, 0.3) is 0 Å². The van der Waals surface area contributed by atoms with Crippen LogP contribution in [0.2, 0.25) is 0 Å². The minimum absolute atomic E-state index is 0.0441. The molecule has 2 nitrogen and oxygen atoms in total. The molecule has 3 aromatic rings. The Morgan fingerprint density at radius 1 is 0.421 bits per heavy atom. The van der Waals surface area contributed by atoms with Crippen molar-refractivity contribution in [1.29, 1.82) is 10.5 Å². The van der Waals surface area contributed by atoms with E-state index in [1.54, 1.807) is 0 Å². The van der Waals surface area contributed by atoms with Crippen LogP contribution >= 0.6 is 0 Å². The third kappa shape index (κ3) is 6.03. The topological polar surface area (TPSA) is 47.6 Å². The van der Waals surface area contributed by atoms with Crippen molar-refractivity contribution in [2.75, 3.05) is 0 Å². The summed E-state index contributed by atoms with van der Waals surface area (Å²) in [6.07, 6.45) is 0. The van der Waals surface area contributed by atoms with Gasteiger partial charge in [0.2, 0.25) is 0 Å². The molecule has 198 valence electrons. The zero-order chi connectivity index (χ0) is 28.8. The molecule has 0 heterocycles. The molecule has 0 spiro atoms. The van der Waals surface area contributed by atoms with Gasteiger partial charge >= 0.3 is 0 Å². The standard InChI is InChI=1S/C36H44N2/c1-33(2,3)25-15-23(16-26(19-25)34(4,5)6)29-13-14-30(32(22-38)31(29)21-37)24-17-27(35(7,8)9)20-28(18-24)36(10,11)12/h13-20H,1-12H3. The lowest BCUT2D eigenvalue weighted by molar-refractivity contribution is 0.568. The highest BCUT2D eigenvalue weighted by Crippen LogP contribution is 2.40. The molecule has 3 rings (SSSR count). The molecule has 0 unspecified atom stereocenters. The largest absolute Gasteiger partial charge is 0.192 e. The smallest absolute Gasteiger partial charge is 0.101 e. The van der Waals surface area contributed by atoms with Gasteiger partial charge in [0, 0.05) is 11.1 Å². The quantitative estimate of drug-likeness (QED) is 0.348. The fourth-order valence-corrected chi connectivity index (χ4v) is 4.61. The van der Waals surface area contributed by atoms with Crippen molar-refractivity contribution in [2.45, 2.75) is 105 Å². The van der Waals surface area contributed by atoms with Crippen molar-refractivity contribution < 1.29 is 0 Å². The van der Waals surface area contributed by atoms with E-state index >= 15 is 0 Å². The van der Waals surface area contributed by atoms with Crippen molar-refractivity contribution in [3.05, 3.63) is 81.9 Å². The van der Waals surface area contributed by atoms with Gasteiger partial charge < -0.3 is 0 Å². The molecule has 3 aromatic carbocycles. The first-order valence-electron chi connectivity index (χ1n) is 13.6. The van der Waals surface area contributed by atoms with Crippen LogP contribution in [0.1, 0.15) is 116 Å². The molecule has 0 bridgehead atoms. The van der Waals surface area contributed by atoms with E-state index < -0.39 is 0 Å². The lowest BCUT2D eigenvalue weighted by Gasteiger charge is -2.27. The first kappa shape index (κ1) is 29.2. The lowest BCUT2D eigenvalue weighted by Crippen LogP contribution is -2.17. The Hall–Kier alpha value is -3.36. The highest BCUT2D eigenvalue weighted by atomic mass is 14.3. The van der Waals surface area contributed by atoms with Crippen molar-refractivity contribution in [3.8, 4) is 34.4 Å². The van der Waals surface area contributed by atoms with Crippen LogP contribution in [0.15, 0.2) is 48.5 Å². The van der Waals surface area contributed by atoms with E-state index in [9.17, 15) is 10.5 Å². The van der Waals surface area contributed by atoms with Crippen LogP contribution in [0, 0.1) is 22.7 Å². The van der Waals surface area contributed by atoms with Gasteiger partial charge in [0.05, 0.1) is 11.1 Å².